The third kappa shape index (κ3) is 4.57. The summed E-state index contributed by atoms with van der Waals surface area (Å²) in [5.74, 6) is 0.141. The van der Waals surface area contributed by atoms with Crippen molar-refractivity contribution in [2.24, 2.45) is 0 Å². The molecule has 4 nitrogen and oxygen atoms in total. The van der Waals surface area contributed by atoms with Gasteiger partial charge in [-0.15, -0.1) is 0 Å². The first kappa shape index (κ1) is 20.4. The average Bonchev–Trinajstić information content (AvgIpc) is 2.66. The van der Waals surface area contributed by atoms with Crippen LogP contribution in [-0.4, -0.2) is 17.5 Å². The Balaban J connectivity index is 1.75. The molecule has 0 aliphatic carbocycles. The third-order valence-corrected chi connectivity index (χ3v) is 5.14. The van der Waals surface area contributed by atoms with Crippen molar-refractivity contribution in [3.05, 3.63) is 69.3 Å². The molecule has 0 saturated heterocycles. The minimum atomic E-state index is -0.223. The number of aryl methyl sites for hydroxylation is 2. The predicted octanol–water partition coefficient (Wildman–Crippen LogP) is 5.80. The summed E-state index contributed by atoms with van der Waals surface area (Å²) in [5.41, 5.74) is 3.61. The molecule has 1 amide bonds. The first-order valence-corrected chi connectivity index (χ1v) is 9.88. The Bertz CT molecular complexity index is 1000. The summed E-state index contributed by atoms with van der Waals surface area (Å²) in [7, 11) is 0. The number of halogens is 2. The van der Waals surface area contributed by atoms with Crippen LogP contribution in [0.4, 0.5) is 0 Å². The Morgan fingerprint density at radius 1 is 1.11 bits per heavy atom. The highest BCUT2D eigenvalue weighted by atomic mass is 35.5. The van der Waals surface area contributed by atoms with Gasteiger partial charge in [0.2, 0.25) is 0 Å². The lowest BCUT2D eigenvalue weighted by atomic mass is 10.0. The summed E-state index contributed by atoms with van der Waals surface area (Å²) >= 11 is 12.6. The minimum Gasteiger partial charge on any atom is -0.480 e. The number of fused-ring (bicyclic) bond motifs is 1. The Hall–Kier alpha value is -2.30. The maximum absolute atomic E-state index is 12.5. The summed E-state index contributed by atoms with van der Waals surface area (Å²) in [6.07, 6.45) is 0.778. The first-order chi connectivity index (χ1) is 13.4. The largest absolute Gasteiger partial charge is 0.480 e. The number of carbonyl (C=O) groups is 1. The van der Waals surface area contributed by atoms with E-state index < -0.39 is 0 Å². The SMILES string of the molecule is CC[C@H](NC(=O)COc1c(Cl)cc(Cl)c2ccc(C)nc12)c1ccc(C)cc1. The minimum absolute atomic E-state index is 0.0745. The monoisotopic (exact) mass is 416 g/mol. The highest BCUT2D eigenvalue weighted by Gasteiger charge is 2.17. The number of hydrogen-bond donors (Lipinski definition) is 1. The molecular weight excluding hydrogens is 395 g/mol. The fraction of sp³-hybridized carbons (Fsp3) is 0.273. The molecule has 0 fully saturated rings. The summed E-state index contributed by atoms with van der Waals surface area (Å²) in [6.45, 7) is 5.78. The zero-order valence-corrected chi connectivity index (χ0v) is 17.6. The Morgan fingerprint density at radius 3 is 2.50 bits per heavy atom. The van der Waals surface area contributed by atoms with Crippen LogP contribution < -0.4 is 10.1 Å². The maximum atomic E-state index is 12.5. The summed E-state index contributed by atoms with van der Waals surface area (Å²) in [6, 6.07) is 13.4. The number of benzene rings is 2. The molecule has 3 aromatic rings. The molecule has 0 saturated carbocycles. The van der Waals surface area contributed by atoms with Gasteiger partial charge >= 0.3 is 0 Å². The first-order valence-electron chi connectivity index (χ1n) is 9.13. The second-order valence-corrected chi connectivity index (χ2v) is 7.56. The van der Waals surface area contributed by atoms with Crippen LogP contribution in [0.15, 0.2) is 42.5 Å². The molecule has 1 N–H and O–H groups in total. The highest BCUT2D eigenvalue weighted by molar-refractivity contribution is 6.39. The van der Waals surface area contributed by atoms with Crippen LogP contribution in [0.25, 0.3) is 10.9 Å². The van der Waals surface area contributed by atoms with Gasteiger partial charge in [-0.1, -0.05) is 60.0 Å². The molecule has 0 bridgehead atoms. The molecule has 1 atom stereocenters. The Labute approximate surface area is 174 Å². The zero-order chi connectivity index (χ0) is 20.3. The number of amides is 1. The van der Waals surface area contributed by atoms with Gasteiger partial charge in [0.15, 0.2) is 12.4 Å². The van der Waals surface area contributed by atoms with Crippen LogP contribution in [-0.2, 0) is 4.79 Å². The van der Waals surface area contributed by atoms with Crippen molar-refractivity contribution in [3.63, 3.8) is 0 Å². The van der Waals surface area contributed by atoms with Crippen molar-refractivity contribution in [1.82, 2.24) is 10.3 Å². The molecule has 1 heterocycles. The molecule has 2 aromatic carbocycles. The summed E-state index contributed by atoms with van der Waals surface area (Å²) < 4.78 is 5.76. The molecule has 0 unspecified atom stereocenters. The van der Waals surface area contributed by atoms with Crippen LogP contribution in [0.1, 0.15) is 36.2 Å². The zero-order valence-electron chi connectivity index (χ0n) is 16.1. The standard InChI is InChI=1S/C22H22Cl2N2O2/c1-4-19(15-8-5-13(2)6-9-15)26-20(27)12-28-22-18(24)11-17(23)16-10-7-14(3)25-21(16)22/h5-11,19H,4,12H2,1-3H3,(H,26,27)/t19-/m0/s1. The number of pyridine rings is 1. The van der Waals surface area contributed by atoms with E-state index >= 15 is 0 Å². The maximum Gasteiger partial charge on any atom is 0.258 e. The summed E-state index contributed by atoms with van der Waals surface area (Å²) in [5, 5.41) is 4.57. The van der Waals surface area contributed by atoms with Gasteiger partial charge < -0.3 is 10.1 Å². The number of hydrogen-bond acceptors (Lipinski definition) is 3. The number of nitrogens with one attached hydrogen (secondary N) is 1. The van der Waals surface area contributed by atoms with E-state index in [2.05, 4.69) is 10.3 Å². The van der Waals surface area contributed by atoms with Crippen molar-refractivity contribution in [1.29, 1.82) is 0 Å². The fourth-order valence-electron chi connectivity index (χ4n) is 3.02. The normalized spacial score (nSPS) is 12.0. The highest BCUT2D eigenvalue weighted by Crippen LogP contribution is 2.37. The second-order valence-electron chi connectivity index (χ2n) is 6.75. The predicted molar refractivity (Wildman–Crippen MR) is 114 cm³/mol. The van der Waals surface area contributed by atoms with Crippen molar-refractivity contribution in [2.75, 3.05) is 6.61 Å². The van der Waals surface area contributed by atoms with Gasteiger partial charge in [-0.2, -0.15) is 0 Å². The number of rotatable bonds is 6. The van der Waals surface area contributed by atoms with Crippen LogP contribution in [0.5, 0.6) is 5.75 Å². The topological polar surface area (TPSA) is 51.2 Å². The smallest absolute Gasteiger partial charge is 0.258 e. The van der Waals surface area contributed by atoms with Crippen LogP contribution in [0.2, 0.25) is 10.0 Å². The average molecular weight is 417 g/mol. The molecule has 28 heavy (non-hydrogen) atoms. The van der Waals surface area contributed by atoms with Gasteiger partial charge in [0, 0.05) is 11.1 Å². The second kappa shape index (κ2) is 8.80. The molecular formula is C22H22Cl2N2O2. The van der Waals surface area contributed by atoms with Crippen molar-refractivity contribution in [2.45, 2.75) is 33.2 Å². The lowest BCUT2D eigenvalue weighted by Crippen LogP contribution is -2.32. The van der Waals surface area contributed by atoms with E-state index in [-0.39, 0.29) is 18.6 Å². The fourth-order valence-corrected chi connectivity index (χ4v) is 3.59. The van der Waals surface area contributed by atoms with Gasteiger partial charge in [0.1, 0.15) is 5.52 Å². The summed E-state index contributed by atoms with van der Waals surface area (Å²) in [4.78, 5) is 17.0. The Kier molecular flexibility index (Phi) is 6.42. The van der Waals surface area contributed by atoms with Crippen LogP contribution in [0.3, 0.4) is 0 Å². The van der Waals surface area contributed by atoms with Crippen LogP contribution >= 0.6 is 23.2 Å². The van der Waals surface area contributed by atoms with E-state index in [9.17, 15) is 4.79 Å². The third-order valence-electron chi connectivity index (χ3n) is 4.55. The molecule has 1 aromatic heterocycles. The van der Waals surface area contributed by atoms with Gasteiger partial charge in [-0.05, 0) is 44.0 Å². The van der Waals surface area contributed by atoms with Crippen LogP contribution in [0, 0.1) is 13.8 Å². The van der Waals surface area contributed by atoms with Crippen molar-refractivity contribution < 1.29 is 9.53 Å². The van der Waals surface area contributed by atoms with E-state index in [1.807, 2.05) is 57.2 Å². The van der Waals surface area contributed by atoms with Gasteiger partial charge in [-0.3, -0.25) is 4.79 Å². The quantitative estimate of drug-likeness (QED) is 0.551. The number of aromatic nitrogens is 1. The molecule has 0 spiro atoms. The van der Waals surface area contributed by atoms with Gasteiger partial charge in [0.05, 0.1) is 16.1 Å². The van der Waals surface area contributed by atoms with Gasteiger partial charge in [0.25, 0.3) is 5.91 Å². The number of nitrogens with zero attached hydrogens (tertiary/aromatic N) is 1. The van der Waals surface area contributed by atoms with Crippen molar-refractivity contribution in [3.8, 4) is 5.75 Å². The van der Waals surface area contributed by atoms with Crippen molar-refractivity contribution >= 4 is 40.0 Å². The van der Waals surface area contributed by atoms with E-state index in [0.29, 0.717) is 21.3 Å². The Morgan fingerprint density at radius 2 is 1.82 bits per heavy atom. The molecule has 0 radical (unpaired) electrons. The molecule has 146 valence electrons. The lowest BCUT2D eigenvalue weighted by molar-refractivity contribution is -0.123. The lowest BCUT2D eigenvalue weighted by Gasteiger charge is -2.18. The molecule has 0 aliphatic rings. The molecule has 6 heteroatoms. The number of carbonyl (C=O) groups excluding carboxylic acids is 1. The van der Waals surface area contributed by atoms with E-state index in [0.717, 1.165) is 23.1 Å². The van der Waals surface area contributed by atoms with Gasteiger partial charge in [-0.25, -0.2) is 4.98 Å². The van der Waals surface area contributed by atoms with E-state index in [1.165, 1.54) is 5.56 Å². The molecule has 0 aliphatic heterocycles. The number of ether oxygens (including phenoxy) is 1. The van der Waals surface area contributed by atoms with E-state index in [4.69, 9.17) is 27.9 Å². The molecule has 3 rings (SSSR count). The van der Waals surface area contributed by atoms with E-state index in [1.54, 1.807) is 6.07 Å².